The molecule has 34 heavy (non-hydrogen) atoms. The summed E-state index contributed by atoms with van der Waals surface area (Å²) in [4.78, 5) is 28.6. The molecule has 0 spiro atoms. The SMILES string of the molecule is CC(C)NC(=O)C(Cc1ccccc1)N(Cc1ccc(Cl)cc1)C(=O)CSCc1ccccc1. The van der Waals surface area contributed by atoms with Crippen molar-refractivity contribution in [1.29, 1.82) is 0 Å². The van der Waals surface area contributed by atoms with Gasteiger partial charge in [-0.05, 0) is 42.7 Å². The van der Waals surface area contributed by atoms with Gasteiger partial charge in [0.2, 0.25) is 11.8 Å². The van der Waals surface area contributed by atoms with Gasteiger partial charge in [0, 0.05) is 29.8 Å². The van der Waals surface area contributed by atoms with Crippen LogP contribution in [0.3, 0.4) is 0 Å². The Kier molecular flexibility index (Phi) is 10.0. The van der Waals surface area contributed by atoms with Gasteiger partial charge in [0.25, 0.3) is 0 Å². The fourth-order valence-corrected chi connectivity index (χ4v) is 4.63. The molecule has 3 aromatic rings. The van der Waals surface area contributed by atoms with Crippen LogP contribution in [0.2, 0.25) is 5.02 Å². The first-order chi connectivity index (χ1) is 16.4. The maximum Gasteiger partial charge on any atom is 0.243 e. The lowest BCUT2D eigenvalue weighted by Crippen LogP contribution is -2.52. The Hall–Kier alpha value is -2.76. The topological polar surface area (TPSA) is 49.4 Å². The summed E-state index contributed by atoms with van der Waals surface area (Å²) in [6, 6.07) is 26.7. The molecule has 0 aliphatic rings. The highest BCUT2D eigenvalue weighted by atomic mass is 35.5. The molecule has 2 amide bonds. The third-order valence-corrected chi connectivity index (χ3v) is 6.55. The summed E-state index contributed by atoms with van der Waals surface area (Å²) in [5, 5.41) is 3.65. The molecule has 0 heterocycles. The summed E-state index contributed by atoms with van der Waals surface area (Å²) in [6.07, 6.45) is 0.447. The Morgan fingerprint density at radius 2 is 1.44 bits per heavy atom. The van der Waals surface area contributed by atoms with Crippen LogP contribution in [-0.4, -0.2) is 34.6 Å². The molecule has 3 rings (SSSR count). The van der Waals surface area contributed by atoms with Gasteiger partial charge >= 0.3 is 0 Å². The average Bonchev–Trinajstić information content (AvgIpc) is 2.83. The Labute approximate surface area is 211 Å². The van der Waals surface area contributed by atoms with E-state index >= 15 is 0 Å². The van der Waals surface area contributed by atoms with Crippen LogP contribution in [0.5, 0.6) is 0 Å². The second kappa shape index (κ2) is 13.2. The average molecular weight is 495 g/mol. The highest BCUT2D eigenvalue weighted by molar-refractivity contribution is 7.99. The standard InChI is InChI=1S/C28H31ClN2O2S/c1-21(2)30-28(33)26(17-22-9-5-3-6-10-22)31(18-23-13-15-25(29)16-14-23)27(32)20-34-19-24-11-7-4-8-12-24/h3-16,21,26H,17-20H2,1-2H3,(H,30,33). The predicted molar refractivity (Wildman–Crippen MR) is 142 cm³/mol. The number of nitrogens with one attached hydrogen (secondary N) is 1. The molecular formula is C28H31ClN2O2S. The van der Waals surface area contributed by atoms with Crippen LogP contribution in [0, 0.1) is 0 Å². The van der Waals surface area contributed by atoms with Gasteiger partial charge < -0.3 is 10.2 Å². The second-order valence-electron chi connectivity index (χ2n) is 8.50. The minimum atomic E-state index is -0.620. The number of hydrogen-bond acceptors (Lipinski definition) is 3. The normalized spacial score (nSPS) is 11.8. The third kappa shape index (κ3) is 8.23. The molecule has 0 aliphatic heterocycles. The monoisotopic (exact) mass is 494 g/mol. The molecule has 1 atom stereocenters. The minimum Gasteiger partial charge on any atom is -0.352 e. The Bertz CT molecular complexity index is 1040. The molecule has 0 saturated carbocycles. The highest BCUT2D eigenvalue weighted by Gasteiger charge is 2.30. The number of carbonyl (C=O) groups excluding carboxylic acids is 2. The van der Waals surface area contributed by atoms with E-state index in [1.807, 2.05) is 86.6 Å². The van der Waals surface area contributed by atoms with Crippen LogP contribution < -0.4 is 5.32 Å². The van der Waals surface area contributed by atoms with Crippen LogP contribution in [0.15, 0.2) is 84.9 Å². The lowest BCUT2D eigenvalue weighted by molar-refractivity contribution is -0.139. The zero-order valence-corrected chi connectivity index (χ0v) is 21.2. The van der Waals surface area contributed by atoms with Crippen LogP contribution in [0.4, 0.5) is 0 Å². The Balaban J connectivity index is 1.84. The number of rotatable bonds is 11. The van der Waals surface area contributed by atoms with Crippen molar-refractivity contribution in [3.8, 4) is 0 Å². The molecule has 0 radical (unpaired) electrons. The van der Waals surface area contributed by atoms with E-state index in [0.29, 0.717) is 23.7 Å². The maximum atomic E-state index is 13.5. The summed E-state index contributed by atoms with van der Waals surface area (Å²) in [5.74, 6) is 0.830. The highest BCUT2D eigenvalue weighted by Crippen LogP contribution is 2.19. The van der Waals surface area contributed by atoms with E-state index in [4.69, 9.17) is 11.6 Å². The van der Waals surface area contributed by atoms with Crippen molar-refractivity contribution >= 4 is 35.2 Å². The first-order valence-electron chi connectivity index (χ1n) is 11.4. The first-order valence-corrected chi connectivity index (χ1v) is 13.0. The number of benzene rings is 3. The zero-order valence-electron chi connectivity index (χ0n) is 19.6. The van der Waals surface area contributed by atoms with E-state index in [2.05, 4.69) is 17.4 Å². The third-order valence-electron chi connectivity index (χ3n) is 5.31. The van der Waals surface area contributed by atoms with E-state index in [0.717, 1.165) is 16.9 Å². The van der Waals surface area contributed by atoms with Crippen LogP contribution in [0.25, 0.3) is 0 Å². The lowest BCUT2D eigenvalue weighted by atomic mass is 10.0. The van der Waals surface area contributed by atoms with Gasteiger partial charge in [0.15, 0.2) is 0 Å². The van der Waals surface area contributed by atoms with E-state index in [-0.39, 0.29) is 17.9 Å². The number of amides is 2. The number of hydrogen-bond donors (Lipinski definition) is 1. The molecule has 0 bridgehead atoms. The molecular weight excluding hydrogens is 464 g/mol. The quantitative estimate of drug-likeness (QED) is 0.370. The summed E-state index contributed by atoms with van der Waals surface area (Å²) >= 11 is 7.63. The number of carbonyl (C=O) groups is 2. The van der Waals surface area contributed by atoms with Gasteiger partial charge in [0.05, 0.1) is 5.75 Å². The molecule has 4 nitrogen and oxygen atoms in total. The van der Waals surface area contributed by atoms with E-state index < -0.39 is 6.04 Å². The fraction of sp³-hybridized carbons (Fsp3) is 0.286. The first kappa shape index (κ1) is 25.9. The fourth-order valence-electron chi connectivity index (χ4n) is 3.63. The molecule has 0 saturated heterocycles. The molecule has 3 aromatic carbocycles. The smallest absolute Gasteiger partial charge is 0.243 e. The zero-order chi connectivity index (χ0) is 24.3. The van der Waals surface area contributed by atoms with Crippen LogP contribution >= 0.6 is 23.4 Å². The predicted octanol–water partition coefficient (Wildman–Crippen LogP) is 5.74. The van der Waals surface area contributed by atoms with Gasteiger partial charge in [-0.1, -0.05) is 84.4 Å². The van der Waals surface area contributed by atoms with Gasteiger partial charge in [-0.2, -0.15) is 0 Å². The van der Waals surface area contributed by atoms with Crippen LogP contribution in [0.1, 0.15) is 30.5 Å². The molecule has 178 valence electrons. The Morgan fingerprint density at radius 1 is 0.853 bits per heavy atom. The Morgan fingerprint density at radius 3 is 2.03 bits per heavy atom. The van der Waals surface area contributed by atoms with Crippen molar-refractivity contribution in [2.45, 2.75) is 44.6 Å². The molecule has 0 aliphatic carbocycles. The second-order valence-corrected chi connectivity index (χ2v) is 9.92. The largest absolute Gasteiger partial charge is 0.352 e. The van der Waals surface area contributed by atoms with E-state index in [1.165, 1.54) is 5.56 Å². The summed E-state index contributed by atoms with van der Waals surface area (Å²) in [5.41, 5.74) is 3.11. The van der Waals surface area contributed by atoms with Gasteiger partial charge in [0.1, 0.15) is 6.04 Å². The van der Waals surface area contributed by atoms with Crippen molar-refractivity contribution in [2.24, 2.45) is 0 Å². The number of thioether (sulfide) groups is 1. The van der Waals surface area contributed by atoms with Gasteiger partial charge in [-0.25, -0.2) is 0 Å². The molecule has 1 N–H and O–H groups in total. The van der Waals surface area contributed by atoms with Gasteiger partial charge in [-0.3, -0.25) is 9.59 Å². The van der Waals surface area contributed by atoms with E-state index in [1.54, 1.807) is 16.7 Å². The number of halogens is 1. The van der Waals surface area contributed by atoms with Gasteiger partial charge in [-0.15, -0.1) is 11.8 Å². The van der Waals surface area contributed by atoms with Crippen molar-refractivity contribution < 1.29 is 9.59 Å². The maximum absolute atomic E-state index is 13.5. The van der Waals surface area contributed by atoms with Crippen molar-refractivity contribution in [3.05, 3.63) is 107 Å². The van der Waals surface area contributed by atoms with Crippen molar-refractivity contribution in [1.82, 2.24) is 10.2 Å². The summed E-state index contributed by atoms with van der Waals surface area (Å²) in [7, 11) is 0. The molecule has 0 aromatic heterocycles. The summed E-state index contributed by atoms with van der Waals surface area (Å²) < 4.78 is 0. The minimum absolute atomic E-state index is 0.0225. The molecule has 1 unspecified atom stereocenters. The number of nitrogens with zero attached hydrogens (tertiary/aromatic N) is 1. The lowest BCUT2D eigenvalue weighted by Gasteiger charge is -2.32. The molecule has 0 fully saturated rings. The summed E-state index contributed by atoms with van der Waals surface area (Å²) in [6.45, 7) is 4.20. The molecule has 6 heteroatoms. The van der Waals surface area contributed by atoms with Crippen molar-refractivity contribution in [2.75, 3.05) is 5.75 Å². The van der Waals surface area contributed by atoms with Crippen LogP contribution in [-0.2, 0) is 28.3 Å². The van der Waals surface area contributed by atoms with E-state index in [9.17, 15) is 9.59 Å². The van der Waals surface area contributed by atoms with Crippen molar-refractivity contribution in [3.63, 3.8) is 0 Å².